The molecule has 1 unspecified atom stereocenters. The van der Waals surface area contributed by atoms with Gasteiger partial charge in [-0.25, -0.2) is 4.98 Å². The van der Waals surface area contributed by atoms with E-state index in [2.05, 4.69) is 33.7 Å². The maximum Gasteiger partial charge on any atom is 0.132 e. The van der Waals surface area contributed by atoms with Gasteiger partial charge >= 0.3 is 0 Å². The summed E-state index contributed by atoms with van der Waals surface area (Å²) < 4.78 is 2.11. The molecule has 0 saturated heterocycles. The summed E-state index contributed by atoms with van der Waals surface area (Å²) in [5, 5.41) is 4.14. The highest BCUT2D eigenvalue weighted by Crippen LogP contribution is 2.25. The highest BCUT2D eigenvalue weighted by molar-refractivity contribution is 6.31. The summed E-state index contributed by atoms with van der Waals surface area (Å²) in [4.78, 5) is 8.87. The number of pyridine rings is 1. The lowest BCUT2D eigenvalue weighted by Gasteiger charge is -2.19. The van der Waals surface area contributed by atoms with Gasteiger partial charge in [-0.05, 0) is 32.0 Å². The molecule has 5 heteroatoms. The smallest absolute Gasteiger partial charge is 0.132 e. The Hall–Kier alpha value is -1.39. The van der Waals surface area contributed by atoms with Crippen LogP contribution in [0.1, 0.15) is 37.8 Å². The second-order valence-corrected chi connectivity index (χ2v) is 4.74. The van der Waals surface area contributed by atoms with E-state index in [9.17, 15) is 0 Å². The average Bonchev–Trinajstić information content (AvgIpc) is 2.89. The summed E-state index contributed by atoms with van der Waals surface area (Å²) in [6.45, 7) is 6.01. The van der Waals surface area contributed by atoms with Crippen LogP contribution in [0.4, 0.5) is 0 Å². The summed E-state index contributed by atoms with van der Waals surface area (Å²) >= 11 is 6.27. The minimum Gasteiger partial charge on any atom is -0.334 e. The number of hydrogen-bond acceptors (Lipinski definition) is 3. The van der Waals surface area contributed by atoms with Crippen molar-refractivity contribution in [3.63, 3.8) is 0 Å². The monoisotopic (exact) mass is 278 g/mol. The van der Waals surface area contributed by atoms with E-state index in [-0.39, 0.29) is 6.04 Å². The van der Waals surface area contributed by atoms with Gasteiger partial charge in [-0.2, -0.15) is 0 Å². The van der Waals surface area contributed by atoms with Crippen molar-refractivity contribution < 1.29 is 0 Å². The van der Waals surface area contributed by atoms with Gasteiger partial charge in [-0.15, -0.1) is 0 Å². The molecule has 0 aromatic carbocycles. The molecular weight excluding hydrogens is 260 g/mol. The maximum absolute atomic E-state index is 6.27. The minimum absolute atomic E-state index is 0.0661. The van der Waals surface area contributed by atoms with E-state index >= 15 is 0 Å². The summed E-state index contributed by atoms with van der Waals surface area (Å²) in [6, 6.07) is 3.64. The average molecular weight is 279 g/mol. The van der Waals surface area contributed by atoms with E-state index in [0.29, 0.717) is 5.02 Å². The van der Waals surface area contributed by atoms with E-state index in [1.165, 1.54) is 0 Å². The van der Waals surface area contributed by atoms with E-state index in [4.69, 9.17) is 11.6 Å². The number of hydrogen-bond donors (Lipinski definition) is 1. The fourth-order valence-electron chi connectivity index (χ4n) is 2.06. The Labute approximate surface area is 118 Å². The van der Waals surface area contributed by atoms with Gasteiger partial charge in [0, 0.05) is 25.1 Å². The Morgan fingerprint density at radius 3 is 2.84 bits per heavy atom. The normalized spacial score (nSPS) is 12.6. The van der Waals surface area contributed by atoms with Crippen LogP contribution in [0, 0.1) is 0 Å². The van der Waals surface area contributed by atoms with Gasteiger partial charge in [-0.3, -0.25) is 4.98 Å². The van der Waals surface area contributed by atoms with E-state index in [1.807, 2.05) is 24.5 Å². The van der Waals surface area contributed by atoms with Gasteiger partial charge in [-0.1, -0.05) is 18.5 Å². The summed E-state index contributed by atoms with van der Waals surface area (Å²) in [5.74, 6) is 0.955. The van der Waals surface area contributed by atoms with Crippen molar-refractivity contribution in [1.29, 1.82) is 0 Å². The molecule has 2 aromatic rings. The third kappa shape index (κ3) is 3.14. The molecular formula is C14H19ClN4. The zero-order valence-electron chi connectivity index (χ0n) is 11.3. The Morgan fingerprint density at radius 1 is 1.32 bits per heavy atom. The second kappa shape index (κ2) is 6.68. The lowest BCUT2D eigenvalue weighted by molar-refractivity contribution is 0.532. The second-order valence-electron chi connectivity index (χ2n) is 4.33. The summed E-state index contributed by atoms with van der Waals surface area (Å²) in [6.07, 6.45) is 6.61. The van der Waals surface area contributed by atoms with Gasteiger partial charge in [0.2, 0.25) is 0 Å². The molecule has 1 N–H and O–H groups in total. The third-order valence-corrected chi connectivity index (χ3v) is 3.33. The van der Waals surface area contributed by atoms with Crippen molar-refractivity contribution in [2.45, 2.75) is 32.9 Å². The first-order valence-corrected chi connectivity index (χ1v) is 7.00. The molecule has 0 fully saturated rings. The molecule has 0 bridgehead atoms. The maximum atomic E-state index is 6.27. The van der Waals surface area contributed by atoms with Crippen molar-refractivity contribution in [2.75, 3.05) is 6.54 Å². The highest BCUT2D eigenvalue weighted by atomic mass is 35.5. The lowest BCUT2D eigenvalue weighted by Crippen LogP contribution is -2.27. The van der Waals surface area contributed by atoms with Crippen LogP contribution in [-0.4, -0.2) is 21.1 Å². The van der Waals surface area contributed by atoms with Crippen LogP contribution >= 0.6 is 11.6 Å². The van der Waals surface area contributed by atoms with Crippen LogP contribution in [0.5, 0.6) is 0 Å². The lowest BCUT2D eigenvalue weighted by atomic mass is 10.1. The first kappa shape index (κ1) is 14.0. The molecule has 1 atom stereocenters. The standard InChI is InChI=1S/C14H19ClN4/c1-3-7-16-13(12-11(15)6-5-8-17-12)14-18-9-10-19(14)4-2/h5-6,8-10,13,16H,3-4,7H2,1-2H3. The minimum atomic E-state index is -0.0661. The van der Waals surface area contributed by atoms with Crippen LogP contribution in [0.3, 0.4) is 0 Å². The topological polar surface area (TPSA) is 42.7 Å². The summed E-state index contributed by atoms with van der Waals surface area (Å²) in [5.41, 5.74) is 0.832. The zero-order chi connectivity index (χ0) is 13.7. The van der Waals surface area contributed by atoms with Gasteiger partial charge in [0.15, 0.2) is 0 Å². The number of nitrogens with one attached hydrogen (secondary N) is 1. The Kier molecular flexibility index (Phi) is 4.93. The van der Waals surface area contributed by atoms with Gasteiger partial charge in [0.25, 0.3) is 0 Å². The SMILES string of the molecule is CCCNC(c1ncccc1Cl)c1nccn1CC. The van der Waals surface area contributed by atoms with Crippen molar-refractivity contribution >= 4 is 11.6 Å². The molecule has 2 aromatic heterocycles. The fourth-order valence-corrected chi connectivity index (χ4v) is 2.29. The zero-order valence-corrected chi connectivity index (χ0v) is 12.1. The molecule has 4 nitrogen and oxygen atoms in total. The van der Waals surface area contributed by atoms with Crippen LogP contribution in [0.25, 0.3) is 0 Å². The molecule has 2 heterocycles. The largest absolute Gasteiger partial charge is 0.334 e. The first-order valence-electron chi connectivity index (χ1n) is 6.62. The predicted molar refractivity (Wildman–Crippen MR) is 77.3 cm³/mol. The summed E-state index contributed by atoms with van der Waals surface area (Å²) in [7, 11) is 0. The molecule has 0 radical (unpaired) electrons. The molecule has 2 rings (SSSR count). The Bertz CT molecular complexity index is 524. The fraction of sp³-hybridized carbons (Fsp3) is 0.429. The molecule has 0 aliphatic carbocycles. The molecule has 0 spiro atoms. The number of rotatable bonds is 6. The van der Waals surface area contributed by atoms with Crippen LogP contribution in [-0.2, 0) is 6.54 Å². The first-order chi connectivity index (χ1) is 9.27. The number of imidazole rings is 1. The van der Waals surface area contributed by atoms with Crippen LogP contribution in [0.2, 0.25) is 5.02 Å². The molecule has 0 aliphatic rings. The molecule has 0 saturated carbocycles. The quantitative estimate of drug-likeness (QED) is 0.883. The van der Waals surface area contributed by atoms with E-state index in [1.54, 1.807) is 6.20 Å². The van der Waals surface area contributed by atoms with Crippen LogP contribution < -0.4 is 5.32 Å². The predicted octanol–water partition coefficient (Wildman–Crippen LogP) is 3.04. The molecule has 102 valence electrons. The van der Waals surface area contributed by atoms with Crippen molar-refractivity contribution in [1.82, 2.24) is 19.9 Å². The molecule has 19 heavy (non-hydrogen) atoms. The third-order valence-electron chi connectivity index (χ3n) is 3.01. The van der Waals surface area contributed by atoms with E-state index in [0.717, 1.165) is 31.0 Å². The molecule has 0 aliphatic heterocycles. The number of halogens is 1. The van der Waals surface area contributed by atoms with E-state index < -0.39 is 0 Å². The van der Waals surface area contributed by atoms with Crippen molar-refractivity contribution in [3.05, 3.63) is 47.3 Å². The molecule has 0 amide bonds. The number of aryl methyl sites for hydroxylation is 1. The Morgan fingerprint density at radius 2 is 2.16 bits per heavy atom. The van der Waals surface area contributed by atoms with Gasteiger partial charge in [0.1, 0.15) is 11.9 Å². The number of nitrogens with zero attached hydrogens (tertiary/aromatic N) is 3. The highest BCUT2D eigenvalue weighted by Gasteiger charge is 2.21. The van der Waals surface area contributed by atoms with Gasteiger partial charge < -0.3 is 9.88 Å². The van der Waals surface area contributed by atoms with Gasteiger partial charge in [0.05, 0.1) is 10.7 Å². The number of aromatic nitrogens is 3. The Balaban J connectivity index is 2.39. The van der Waals surface area contributed by atoms with Crippen LogP contribution in [0.15, 0.2) is 30.7 Å². The van der Waals surface area contributed by atoms with Crippen molar-refractivity contribution in [2.24, 2.45) is 0 Å². The van der Waals surface area contributed by atoms with Crippen molar-refractivity contribution in [3.8, 4) is 0 Å².